The van der Waals surface area contributed by atoms with Crippen molar-refractivity contribution in [3.05, 3.63) is 40.3 Å². The maximum absolute atomic E-state index is 13.7. The van der Waals surface area contributed by atoms with Gasteiger partial charge in [0.1, 0.15) is 11.0 Å². The second kappa shape index (κ2) is 7.14. The fourth-order valence-electron chi connectivity index (χ4n) is 2.89. The van der Waals surface area contributed by atoms with Crippen LogP contribution in [0.3, 0.4) is 0 Å². The molecule has 0 N–H and O–H groups in total. The number of ether oxygens (including phenoxy) is 2. The maximum atomic E-state index is 13.7. The van der Waals surface area contributed by atoms with E-state index in [1.54, 1.807) is 6.07 Å². The van der Waals surface area contributed by atoms with E-state index >= 15 is 0 Å². The van der Waals surface area contributed by atoms with Crippen LogP contribution in [0.4, 0.5) is 4.39 Å². The van der Waals surface area contributed by atoms with E-state index in [1.807, 2.05) is 0 Å². The van der Waals surface area contributed by atoms with Gasteiger partial charge in [-0.05, 0) is 43.9 Å². The standard InChI is InChI=1S/C17H15Cl2FN2O3/c1-24-16(23)17(6-2-3-7-17)25-14-9-13(19)21-15(22-14)10-4-5-11(18)12(20)8-10/h4-5,8-9H,2-3,6-7H2,1H3. The molecule has 1 aromatic carbocycles. The van der Waals surface area contributed by atoms with Crippen molar-refractivity contribution in [2.75, 3.05) is 7.11 Å². The number of carbonyl (C=O) groups is 1. The second-order valence-corrected chi connectivity index (χ2v) is 6.57. The molecule has 1 heterocycles. The molecule has 1 aromatic heterocycles. The molecule has 1 aliphatic rings. The van der Waals surface area contributed by atoms with Crippen LogP contribution in [0.5, 0.6) is 5.88 Å². The highest BCUT2D eigenvalue weighted by Crippen LogP contribution is 2.36. The summed E-state index contributed by atoms with van der Waals surface area (Å²) in [6.07, 6.45) is 2.77. The number of hydrogen-bond donors (Lipinski definition) is 0. The van der Waals surface area contributed by atoms with Gasteiger partial charge in [0.2, 0.25) is 11.5 Å². The minimum atomic E-state index is -1.07. The van der Waals surface area contributed by atoms with Crippen molar-refractivity contribution in [2.24, 2.45) is 0 Å². The monoisotopic (exact) mass is 384 g/mol. The molecule has 1 fully saturated rings. The van der Waals surface area contributed by atoms with E-state index in [9.17, 15) is 9.18 Å². The van der Waals surface area contributed by atoms with Gasteiger partial charge in [-0.15, -0.1) is 0 Å². The van der Waals surface area contributed by atoms with Gasteiger partial charge >= 0.3 is 5.97 Å². The average Bonchev–Trinajstić information content (AvgIpc) is 3.05. The Balaban J connectivity index is 1.96. The third-order valence-electron chi connectivity index (χ3n) is 4.12. The van der Waals surface area contributed by atoms with Crippen molar-refractivity contribution in [1.29, 1.82) is 0 Å². The molecule has 0 radical (unpaired) electrons. The molecule has 8 heteroatoms. The molecule has 0 bridgehead atoms. The molecule has 2 aromatic rings. The predicted octanol–water partition coefficient (Wildman–Crippen LogP) is 4.45. The molecular formula is C17H15Cl2FN2O3. The highest BCUT2D eigenvalue weighted by atomic mass is 35.5. The van der Waals surface area contributed by atoms with Gasteiger partial charge in [0.15, 0.2) is 5.82 Å². The van der Waals surface area contributed by atoms with Crippen LogP contribution in [0, 0.1) is 5.82 Å². The van der Waals surface area contributed by atoms with Crippen molar-refractivity contribution in [3.8, 4) is 17.3 Å². The normalized spacial score (nSPS) is 15.8. The van der Waals surface area contributed by atoms with Crippen LogP contribution < -0.4 is 4.74 Å². The fraction of sp³-hybridized carbons (Fsp3) is 0.353. The van der Waals surface area contributed by atoms with Gasteiger partial charge in [0, 0.05) is 11.6 Å². The number of carbonyl (C=O) groups excluding carboxylic acids is 1. The van der Waals surface area contributed by atoms with Crippen LogP contribution in [0.15, 0.2) is 24.3 Å². The Kier molecular flexibility index (Phi) is 5.11. The van der Waals surface area contributed by atoms with E-state index in [-0.39, 0.29) is 21.9 Å². The second-order valence-electron chi connectivity index (χ2n) is 5.78. The van der Waals surface area contributed by atoms with Crippen LogP contribution >= 0.6 is 23.2 Å². The molecule has 5 nitrogen and oxygen atoms in total. The molecule has 3 rings (SSSR count). The molecule has 0 atom stereocenters. The van der Waals surface area contributed by atoms with E-state index in [4.69, 9.17) is 32.7 Å². The third-order valence-corrected chi connectivity index (χ3v) is 4.62. The molecule has 132 valence electrons. The van der Waals surface area contributed by atoms with Crippen LogP contribution in [-0.4, -0.2) is 28.6 Å². The Hall–Kier alpha value is -1.92. The largest absolute Gasteiger partial charge is 0.466 e. The van der Waals surface area contributed by atoms with Gasteiger partial charge in [-0.25, -0.2) is 14.2 Å². The van der Waals surface area contributed by atoms with Gasteiger partial charge < -0.3 is 9.47 Å². The minimum Gasteiger partial charge on any atom is -0.466 e. The summed E-state index contributed by atoms with van der Waals surface area (Å²) in [4.78, 5) is 20.5. The van der Waals surface area contributed by atoms with Gasteiger partial charge in [-0.1, -0.05) is 23.2 Å². The first kappa shape index (κ1) is 17.9. The van der Waals surface area contributed by atoms with Gasteiger partial charge in [-0.2, -0.15) is 4.98 Å². The van der Waals surface area contributed by atoms with E-state index in [1.165, 1.54) is 25.3 Å². The lowest BCUT2D eigenvalue weighted by Gasteiger charge is -2.26. The van der Waals surface area contributed by atoms with Crippen LogP contribution in [0.1, 0.15) is 25.7 Å². The summed E-state index contributed by atoms with van der Waals surface area (Å²) in [5.41, 5.74) is -0.678. The molecule has 25 heavy (non-hydrogen) atoms. The van der Waals surface area contributed by atoms with Crippen molar-refractivity contribution >= 4 is 29.2 Å². The van der Waals surface area contributed by atoms with Crippen LogP contribution in [0.25, 0.3) is 11.4 Å². The van der Waals surface area contributed by atoms with E-state index in [2.05, 4.69) is 9.97 Å². The van der Waals surface area contributed by atoms with Crippen molar-refractivity contribution in [3.63, 3.8) is 0 Å². The van der Waals surface area contributed by atoms with E-state index in [0.29, 0.717) is 18.4 Å². The van der Waals surface area contributed by atoms with Crippen molar-refractivity contribution in [2.45, 2.75) is 31.3 Å². The summed E-state index contributed by atoms with van der Waals surface area (Å²) in [5.74, 6) is -0.723. The first-order chi connectivity index (χ1) is 11.9. The molecule has 0 spiro atoms. The molecule has 0 aliphatic heterocycles. The third kappa shape index (κ3) is 3.70. The lowest BCUT2D eigenvalue weighted by molar-refractivity contribution is -0.158. The average molecular weight is 385 g/mol. The van der Waals surface area contributed by atoms with E-state index in [0.717, 1.165) is 12.8 Å². The Morgan fingerprint density at radius 2 is 1.92 bits per heavy atom. The molecular weight excluding hydrogens is 370 g/mol. The molecule has 0 saturated heterocycles. The topological polar surface area (TPSA) is 61.3 Å². The Labute approximate surface area is 154 Å². The summed E-state index contributed by atoms with van der Waals surface area (Å²) in [5, 5.41) is 0.117. The first-order valence-corrected chi connectivity index (χ1v) is 8.46. The number of aromatic nitrogens is 2. The summed E-state index contributed by atoms with van der Waals surface area (Å²) < 4.78 is 24.5. The zero-order chi connectivity index (χ0) is 18.0. The van der Waals surface area contributed by atoms with Gasteiger partial charge in [0.05, 0.1) is 12.1 Å². The number of halogens is 3. The van der Waals surface area contributed by atoms with Crippen LogP contribution in [0.2, 0.25) is 10.2 Å². The number of esters is 1. The van der Waals surface area contributed by atoms with Crippen molar-refractivity contribution in [1.82, 2.24) is 9.97 Å². The number of rotatable bonds is 4. The van der Waals surface area contributed by atoms with Crippen molar-refractivity contribution < 1.29 is 18.7 Å². The lowest BCUT2D eigenvalue weighted by atomic mass is 10.0. The minimum absolute atomic E-state index is 0.00199. The number of benzene rings is 1. The Morgan fingerprint density at radius 1 is 1.20 bits per heavy atom. The fourth-order valence-corrected chi connectivity index (χ4v) is 3.18. The SMILES string of the molecule is COC(=O)C1(Oc2cc(Cl)nc(-c3ccc(Cl)c(F)c3)n2)CCCC1. The lowest BCUT2D eigenvalue weighted by Crippen LogP contribution is -2.43. The number of methoxy groups -OCH3 is 1. The number of hydrogen-bond acceptors (Lipinski definition) is 5. The summed E-state index contributed by atoms with van der Waals surface area (Å²) in [6, 6.07) is 5.61. The molecule has 1 saturated carbocycles. The molecule has 0 amide bonds. The molecule has 0 unspecified atom stereocenters. The zero-order valence-corrected chi connectivity index (χ0v) is 14.9. The van der Waals surface area contributed by atoms with Gasteiger partial charge in [0.25, 0.3) is 0 Å². The van der Waals surface area contributed by atoms with Gasteiger partial charge in [-0.3, -0.25) is 0 Å². The highest BCUT2D eigenvalue weighted by molar-refractivity contribution is 6.30. The predicted molar refractivity (Wildman–Crippen MR) is 91.3 cm³/mol. The number of nitrogens with zero attached hydrogens (tertiary/aromatic N) is 2. The summed E-state index contributed by atoms with van der Waals surface area (Å²) in [6.45, 7) is 0. The Bertz CT molecular complexity index is 810. The summed E-state index contributed by atoms with van der Waals surface area (Å²) >= 11 is 11.7. The quantitative estimate of drug-likeness (QED) is 0.575. The highest BCUT2D eigenvalue weighted by Gasteiger charge is 2.45. The maximum Gasteiger partial charge on any atom is 0.350 e. The van der Waals surface area contributed by atoms with E-state index < -0.39 is 17.4 Å². The zero-order valence-electron chi connectivity index (χ0n) is 13.4. The smallest absolute Gasteiger partial charge is 0.350 e. The first-order valence-electron chi connectivity index (χ1n) is 7.71. The molecule has 1 aliphatic carbocycles. The summed E-state index contributed by atoms with van der Waals surface area (Å²) in [7, 11) is 1.32. The Morgan fingerprint density at radius 3 is 2.56 bits per heavy atom. The van der Waals surface area contributed by atoms with Crippen LogP contribution in [-0.2, 0) is 9.53 Å².